The van der Waals surface area contributed by atoms with Crippen LogP contribution in [0.15, 0.2) is 49.1 Å². The number of nitrogens with zero attached hydrogens (tertiary/aromatic N) is 3. The van der Waals surface area contributed by atoms with Crippen molar-refractivity contribution in [2.24, 2.45) is 5.92 Å². The van der Waals surface area contributed by atoms with E-state index in [2.05, 4.69) is 65.6 Å². The largest absolute Gasteiger partial charge is 0.462 e. The van der Waals surface area contributed by atoms with Crippen molar-refractivity contribution in [2.75, 3.05) is 38.6 Å². The van der Waals surface area contributed by atoms with Gasteiger partial charge in [-0.05, 0) is 98.0 Å². The molecule has 3 atom stereocenters. The maximum Gasteiger partial charge on any atom is 0.318 e. The van der Waals surface area contributed by atoms with Crippen molar-refractivity contribution >= 4 is 22.6 Å². The van der Waals surface area contributed by atoms with Crippen molar-refractivity contribution in [2.45, 2.75) is 50.5 Å². The van der Waals surface area contributed by atoms with Crippen LogP contribution < -0.4 is 15.4 Å². The van der Waals surface area contributed by atoms with E-state index < -0.39 is 0 Å². The van der Waals surface area contributed by atoms with Gasteiger partial charge in [-0.1, -0.05) is 37.3 Å². The number of likely N-dealkylation sites (N-methyl/N-ethyl adjacent to an activating group) is 1. The number of ether oxygens (including phenoxy) is 1. The molecule has 1 amide bonds. The summed E-state index contributed by atoms with van der Waals surface area (Å²) in [7, 11) is 2.15. The zero-order valence-corrected chi connectivity index (χ0v) is 22.2. The van der Waals surface area contributed by atoms with Crippen LogP contribution in [0.25, 0.3) is 22.0 Å². The Labute approximate surface area is 224 Å². The summed E-state index contributed by atoms with van der Waals surface area (Å²) in [4.78, 5) is 23.5. The highest BCUT2D eigenvalue weighted by Gasteiger charge is 2.37. The topological polar surface area (TPSA) is 79.4 Å². The van der Waals surface area contributed by atoms with E-state index in [0.29, 0.717) is 37.7 Å². The Morgan fingerprint density at radius 2 is 2.08 bits per heavy atom. The number of likely N-dealkylation sites (tertiary alicyclic amines) is 1. The molecule has 1 aromatic heterocycles. The molecule has 38 heavy (non-hydrogen) atoms. The fraction of sp³-hybridized carbons (Fsp3) is 0.452. The lowest BCUT2D eigenvalue weighted by Gasteiger charge is -2.19. The third-order valence-corrected chi connectivity index (χ3v) is 8.67. The number of nitrogens with one attached hydrogen (secondary N) is 2. The first-order chi connectivity index (χ1) is 18.6. The van der Waals surface area contributed by atoms with Crippen LogP contribution >= 0.6 is 0 Å². The van der Waals surface area contributed by atoms with Gasteiger partial charge in [-0.3, -0.25) is 4.79 Å². The number of aromatic nitrogens is 2. The highest BCUT2D eigenvalue weighted by Crippen LogP contribution is 2.51. The molecule has 2 N–H and O–H groups in total. The Hall–Kier alpha value is -3.45. The molecule has 7 nitrogen and oxygen atoms in total. The summed E-state index contributed by atoms with van der Waals surface area (Å²) >= 11 is 0. The lowest BCUT2D eigenvalue weighted by molar-refractivity contribution is -0.116. The minimum absolute atomic E-state index is 0.186. The Morgan fingerprint density at radius 3 is 2.92 bits per heavy atom. The number of carbonyl (C=O) groups is 1. The molecule has 7 heteroatoms. The first kappa shape index (κ1) is 24.9. The van der Waals surface area contributed by atoms with Crippen LogP contribution in [0.4, 0.5) is 5.82 Å². The van der Waals surface area contributed by atoms with Gasteiger partial charge in [0.05, 0.1) is 5.52 Å². The SMILES string of the molecule is C=CC(=O)NCCNc1nc(OC[C@@H]2CCCN2C)nc2cc(-c3cccc4c3C3CCCC3C4)ccc12. The quantitative estimate of drug-likeness (QED) is 0.314. The molecule has 0 spiro atoms. The average molecular weight is 512 g/mol. The molecular weight excluding hydrogens is 474 g/mol. The molecule has 198 valence electrons. The zero-order valence-electron chi connectivity index (χ0n) is 22.2. The second-order valence-electron chi connectivity index (χ2n) is 11.0. The third-order valence-electron chi connectivity index (χ3n) is 8.67. The smallest absolute Gasteiger partial charge is 0.318 e. The van der Waals surface area contributed by atoms with E-state index in [0.717, 1.165) is 35.6 Å². The van der Waals surface area contributed by atoms with Gasteiger partial charge in [-0.25, -0.2) is 0 Å². The van der Waals surface area contributed by atoms with Crippen molar-refractivity contribution in [3.63, 3.8) is 0 Å². The number of amides is 1. The lowest BCUT2D eigenvalue weighted by atomic mass is 9.89. The van der Waals surface area contributed by atoms with Crippen molar-refractivity contribution in [1.29, 1.82) is 0 Å². The molecule has 1 aliphatic heterocycles. The highest BCUT2D eigenvalue weighted by atomic mass is 16.5. The number of benzene rings is 2. The molecule has 2 aliphatic carbocycles. The number of carbonyl (C=O) groups excluding carboxylic acids is 1. The van der Waals surface area contributed by atoms with Gasteiger partial charge in [0.2, 0.25) is 5.91 Å². The van der Waals surface area contributed by atoms with E-state index in [1.807, 2.05) is 0 Å². The summed E-state index contributed by atoms with van der Waals surface area (Å²) in [6, 6.07) is 14.1. The monoisotopic (exact) mass is 511 g/mol. The van der Waals surface area contributed by atoms with Gasteiger partial charge in [-0.2, -0.15) is 9.97 Å². The van der Waals surface area contributed by atoms with E-state index in [-0.39, 0.29) is 5.91 Å². The molecule has 3 aromatic rings. The summed E-state index contributed by atoms with van der Waals surface area (Å²) in [5.41, 5.74) is 6.48. The number of fused-ring (bicyclic) bond motifs is 4. The van der Waals surface area contributed by atoms with E-state index >= 15 is 0 Å². The maximum atomic E-state index is 11.5. The molecular formula is C31H37N5O2. The van der Waals surface area contributed by atoms with Gasteiger partial charge >= 0.3 is 6.01 Å². The van der Waals surface area contributed by atoms with Crippen molar-refractivity contribution in [3.8, 4) is 17.1 Å². The van der Waals surface area contributed by atoms with Crippen molar-refractivity contribution in [1.82, 2.24) is 20.2 Å². The molecule has 2 aromatic carbocycles. The predicted molar refractivity (Wildman–Crippen MR) is 152 cm³/mol. The van der Waals surface area contributed by atoms with Gasteiger partial charge in [0.25, 0.3) is 0 Å². The van der Waals surface area contributed by atoms with Gasteiger partial charge in [0.15, 0.2) is 0 Å². The molecule has 0 bridgehead atoms. The van der Waals surface area contributed by atoms with Gasteiger partial charge in [0.1, 0.15) is 12.4 Å². The van der Waals surface area contributed by atoms with Crippen LogP contribution in [0.2, 0.25) is 0 Å². The number of anilines is 1. The third kappa shape index (κ3) is 4.87. The second kappa shape index (κ2) is 10.7. The second-order valence-corrected chi connectivity index (χ2v) is 11.0. The zero-order chi connectivity index (χ0) is 26.1. The Kier molecular flexibility index (Phi) is 7.02. The predicted octanol–water partition coefficient (Wildman–Crippen LogP) is 4.92. The fourth-order valence-electron chi connectivity index (χ4n) is 6.70. The number of hydrogen-bond donors (Lipinski definition) is 2. The normalized spacial score (nSPS) is 22.3. The fourth-order valence-corrected chi connectivity index (χ4v) is 6.70. The molecule has 1 saturated heterocycles. The molecule has 6 rings (SSSR count). The Bertz CT molecular complexity index is 1360. The van der Waals surface area contributed by atoms with E-state index in [4.69, 9.17) is 14.7 Å². The van der Waals surface area contributed by atoms with E-state index in [9.17, 15) is 4.79 Å². The molecule has 2 unspecified atom stereocenters. The average Bonchev–Trinajstić information content (AvgIpc) is 3.65. The number of hydrogen-bond acceptors (Lipinski definition) is 6. The molecule has 2 heterocycles. The molecule has 0 radical (unpaired) electrons. The van der Waals surface area contributed by atoms with Crippen LogP contribution in [-0.2, 0) is 11.2 Å². The van der Waals surface area contributed by atoms with Gasteiger partial charge in [-0.15, -0.1) is 0 Å². The lowest BCUT2D eigenvalue weighted by Crippen LogP contribution is -2.31. The standard InChI is InChI=1S/C31H37N5O2/c1-3-28(37)32-14-15-33-30-26-13-12-21(25-11-5-8-22-17-20-7-4-10-24(20)29(22)25)18-27(26)34-31(35-30)38-19-23-9-6-16-36(23)2/h3,5,8,11-13,18,20,23-24H,1,4,6-7,9-10,14-17,19H2,2H3,(H,32,37)(H,33,34,35)/t20?,23-,24?/m0/s1. The van der Waals surface area contributed by atoms with Gasteiger partial charge in [0, 0.05) is 24.5 Å². The van der Waals surface area contributed by atoms with Gasteiger partial charge < -0.3 is 20.3 Å². The minimum atomic E-state index is -0.186. The Morgan fingerprint density at radius 1 is 1.16 bits per heavy atom. The van der Waals surface area contributed by atoms with E-state index in [1.165, 1.54) is 54.9 Å². The van der Waals surface area contributed by atoms with E-state index in [1.54, 1.807) is 5.56 Å². The van der Waals surface area contributed by atoms with Crippen LogP contribution in [0.1, 0.15) is 49.1 Å². The molecule has 2 fully saturated rings. The van der Waals surface area contributed by atoms with Crippen LogP contribution in [-0.4, -0.2) is 60.1 Å². The number of rotatable bonds is 9. The van der Waals surface area contributed by atoms with Crippen LogP contribution in [0.3, 0.4) is 0 Å². The van der Waals surface area contributed by atoms with Crippen molar-refractivity contribution in [3.05, 3.63) is 60.2 Å². The summed E-state index contributed by atoms with van der Waals surface area (Å²) in [5.74, 6) is 2.03. The first-order valence-corrected chi connectivity index (χ1v) is 14.0. The highest BCUT2D eigenvalue weighted by molar-refractivity contribution is 5.93. The summed E-state index contributed by atoms with van der Waals surface area (Å²) in [5, 5.41) is 7.14. The molecule has 1 saturated carbocycles. The summed E-state index contributed by atoms with van der Waals surface area (Å²) < 4.78 is 6.16. The molecule has 3 aliphatic rings. The van der Waals surface area contributed by atoms with Crippen molar-refractivity contribution < 1.29 is 9.53 Å². The minimum Gasteiger partial charge on any atom is -0.462 e. The van der Waals surface area contributed by atoms with Crippen LogP contribution in [0.5, 0.6) is 6.01 Å². The van der Waals surface area contributed by atoms with Crippen LogP contribution in [0, 0.1) is 5.92 Å². The summed E-state index contributed by atoms with van der Waals surface area (Å²) in [6.07, 6.45) is 8.81. The first-order valence-electron chi connectivity index (χ1n) is 14.0. The maximum absolute atomic E-state index is 11.5. The summed E-state index contributed by atoms with van der Waals surface area (Å²) in [6.45, 7) is 6.19. The Balaban J connectivity index is 1.32.